The summed E-state index contributed by atoms with van der Waals surface area (Å²) in [6, 6.07) is 13.7. The zero-order valence-corrected chi connectivity index (χ0v) is 10.9. The van der Waals surface area contributed by atoms with Crippen molar-refractivity contribution in [2.75, 3.05) is 11.1 Å². The van der Waals surface area contributed by atoms with E-state index in [0.717, 1.165) is 6.42 Å². The van der Waals surface area contributed by atoms with E-state index in [-0.39, 0.29) is 5.69 Å². The van der Waals surface area contributed by atoms with Gasteiger partial charge in [0.15, 0.2) is 5.69 Å². The fourth-order valence-electron chi connectivity index (χ4n) is 1.92. The van der Waals surface area contributed by atoms with Gasteiger partial charge in [0, 0.05) is 6.54 Å². The van der Waals surface area contributed by atoms with Crippen LogP contribution in [0.25, 0.3) is 0 Å². The highest BCUT2D eigenvalue weighted by Gasteiger charge is 2.03. The quantitative estimate of drug-likeness (QED) is 0.877. The Morgan fingerprint density at radius 3 is 2.63 bits per heavy atom. The summed E-state index contributed by atoms with van der Waals surface area (Å²) in [5.41, 5.74) is 8.85. The van der Waals surface area contributed by atoms with E-state index in [0.29, 0.717) is 18.1 Å². The van der Waals surface area contributed by atoms with Gasteiger partial charge in [0.25, 0.3) is 0 Å². The maximum atomic E-state index is 8.89. The van der Waals surface area contributed by atoms with Gasteiger partial charge in [0.05, 0.1) is 5.69 Å². The van der Waals surface area contributed by atoms with Gasteiger partial charge in [-0.3, -0.25) is 0 Å². The number of nitrogens with two attached hydrogens (primary N) is 1. The standard InChI is InChI=1S/C15H16N4/c1-2-11-5-3-4-6-12(11)10-18-15-8-7-13(17)14(9-16)19-15/h3-8H,2,10,17H2,1H3,(H,18,19). The average Bonchev–Trinajstić information content (AvgIpc) is 2.46. The number of hydrogen-bond donors (Lipinski definition) is 2. The van der Waals surface area contributed by atoms with Crippen molar-refractivity contribution in [2.45, 2.75) is 19.9 Å². The van der Waals surface area contributed by atoms with E-state index in [9.17, 15) is 0 Å². The van der Waals surface area contributed by atoms with Crippen LogP contribution in [0.3, 0.4) is 0 Å². The number of nitrogens with zero attached hydrogens (tertiary/aromatic N) is 2. The van der Waals surface area contributed by atoms with Crippen LogP contribution in [-0.2, 0) is 13.0 Å². The molecule has 1 heterocycles. The lowest BCUT2D eigenvalue weighted by molar-refractivity contribution is 1.03. The second kappa shape index (κ2) is 5.87. The van der Waals surface area contributed by atoms with Crippen LogP contribution in [0.5, 0.6) is 0 Å². The second-order valence-corrected chi connectivity index (χ2v) is 4.22. The molecule has 1 aromatic carbocycles. The van der Waals surface area contributed by atoms with E-state index in [4.69, 9.17) is 11.0 Å². The summed E-state index contributed by atoms with van der Waals surface area (Å²) in [6.45, 7) is 2.82. The van der Waals surface area contributed by atoms with Gasteiger partial charge in [-0.25, -0.2) is 4.98 Å². The number of rotatable bonds is 4. The third-order valence-corrected chi connectivity index (χ3v) is 2.99. The van der Waals surface area contributed by atoms with Gasteiger partial charge >= 0.3 is 0 Å². The van der Waals surface area contributed by atoms with Crippen molar-refractivity contribution in [1.29, 1.82) is 5.26 Å². The summed E-state index contributed by atoms with van der Waals surface area (Å²) in [5, 5.41) is 12.1. The van der Waals surface area contributed by atoms with Crippen molar-refractivity contribution < 1.29 is 0 Å². The molecule has 2 rings (SSSR count). The van der Waals surface area contributed by atoms with Crippen molar-refractivity contribution in [3.63, 3.8) is 0 Å². The van der Waals surface area contributed by atoms with Crippen molar-refractivity contribution >= 4 is 11.5 Å². The van der Waals surface area contributed by atoms with Crippen molar-refractivity contribution in [3.8, 4) is 6.07 Å². The van der Waals surface area contributed by atoms with E-state index in [1.807, 2.05) is 18.2 Å². The lowest BCUT2D eigenvalue weighted by Crippen LogP contribution is -2.05. The molecule has 0 aliphatic carbocycles. The van der Waals surface area contributed by atoms with Gasteiger partial charge in [0.1, 0.15) is 11.9 Å². The third kappa shape index (κ3) is 3.02. The molecule has 0 aliphatic heterocycles. The SMILES string of the molecule is CCc1ccccc1CNc1ccc(N)c(C#N)n1. The number of anilines is 2. The first-order valence-corrected chi connectivity index (χ1v) is 6.22. The lowest BCUT2D eigenvalue weighted by atomic mass is 10.1. The minimum atomic E-state index is 0.258. The molecule has 4 nitrogen and oxygen atoms in total. The number of pyridine rings is 1. The zero-order chi connectivity index (χ0) is 13.7. The maximum absolute atomic E-state index is 8.89. The first kappa shape index (κ1) is 12.9. The predicted molar refractivity (Wildman–Crippen MR) is 76.5 cm³/mol. The summed E-state index contributed by atoms with van der Waals surface area (Å²) in [4.78, 5) is 4.16. The zero-order valence-electron chi connectivity index (χ0n) is 10.9. The molecule has 2 aromatic rings. The molecule has 1 aromatic heterocycles. The van der Waals surface area contributed by atoms with Crippen LogP contribution in [0.4, 0.5) is 11.5 Å². The molecule has 0 amide bonds. The molecule has 0 unspecified atom stereocenters. The maximum Gasteiger partial charge on any atom is 0.165 e. The Morgan fingerprint density at radius 2 is 1.95 bits per heavy atom. The minimum absolute atomic E-state index is 0.258. The topological polar surface area (TPSA) is 74.7 Å². The van der Waals surface area contributed by atoms with Gasteiger partial charge in [-0.15, -0.1) is 0 Å². The highest BCUT2D eigenvalue weighted by atomic mass is 15.0. The summed E-state index contributed by atoms with van der Waals surface area (Å²) < 4.78 is 0. The van der Waals surface area contributed by atoms with Crippen LogP contribution in [0.1, 0.15) is 23.7 Å². The minimum Gasteiger partial charge on any atom is -0.396 e. The van der Waals surface area contributed by atoms with E-state index >= 15 is 0 Å². The fraction of sp³-hybridized carbons (Fsp3) is 0.200. The average molecular weight is 252 g/mol. The van der Waals surface area contributed by atoms with Crippen LogP contribution in [-0.4, -0.2) is 4.98 Å². The summed E-state index contributed by atoms with van der Waals surface area (Å²) in [7, 11) is 0. The number of nitrogen functional groups attached to an aromatic ring is 1. The Balaban J connectivity index is 2.13. The van der Waals surface area contributed by atoms with Gasteiger partial charge < -0.3 is 11.1 Å². The number of benzene rings is 1. The molecular formula is C15H16N4. The molecule has 3 N–H and O–H groups in total. The smallest absolute Gasteiger partial charge is 0.165 e. The predicted octanol–water partition coefficient (Wildman–Crippen LogP) is 2.71. The molecule has 0 atom stereocenters. The summed E-state index contributed by atoms with van der Waals surface area (Å²) in [6.07, 6.45) is 0.996. The molecular weight excluding hydrogens is 236 g/mol. The highest BCUT2D eigenvalue weighted by Crippen LogP contribution is 2.15. The Bertz CT molecular complexity index is 614. The van der Waals surface area contributed by atoms with E-state index in [1.165, 1.54) is 11.1 Å². The van der Waals surface area contributed by atoms with Crippen LogP contribution >= 0.6 is 0 Å². The van der Waals surface area contributed by atoms with E-state index in [1.54, 1.807) is 12.1 Å². The molecule has 0 bridgehead atoms. The summed E-state index contributed by atoms with van der Waals surface area (Å²) >= 11 is 0. The van der Waals surface area contributed by atoms with Crippen LogP contribution < -0.4 is 11.1 Å². The summed E-state index contributed by atoms with van der Waals surface area (Å²) in [5.74, 6) is 0.664. The number of aryl methyl sites for hydroxylation is 1. The largest absolute Gasteiger partial charge is 0.396 e. The molecule has 0 fully saturated rings. The lowest BCUT2D eigenvalue weighted by Gasteiger charge is -2.10. The second-order valence-electron chi connectivity index (χ2n) is 4.22. The van der Waals surface area contributed by atoms with Gasteiger partial charge in [-0.2, -0.15) is 5.26 Å². The molecule has 4 heteroatoms. The highest BCUT2D eigenvalue weighted by molar-refractivity contribution is 5.54. The number of nitriles is 1. The van der Waals surface area contributed by atoms with E-state index < -0.39 is 0 Å². The van der Waals surface area contributed by atoms with Gasteiger partial charge in [0.2, 0.25) is 0 Å². The Hall–Kier alpha value is -2.54. The molecule has 0 radical (unpaired) electrons. The number of aromatic nitrogens is 1. The third-order valence-electron chi connectivity index (χ3n) is 2.99. The first-order valence-electron chi connectivity index (χ1n) is 6.22. The van der Waals surface area contributed by atoms with Crippen LogP contribution in [0, 0.1) is 11.3 Å². The normalized spacial score (nSPS) is 9.89. The molecule has 19 heavy (non-hydrogen) atoms. The Kier molecular flexibility index (Phi) is 3.99. The van der Waals surface area contributed by atoms with Crippen LogP contribution in [0.15, 0.2) is 36.4 Å². The molecule has 0 aliphatic rings. The molecule has 0 saturated carbocycles. The fourth-order valence-corrected chi connectivity index (χ4v) is 1.92. The number of hydrogen-bond acceptors (Lipinski definition) is 4. The van der Waals surface area contributed by atoms with Crippen molar-refractivity contribution in [1.82, 2.24) is 4.98 Å². The molecule has 0 spiro atoms. The molecule has 0 saturated heterocycles. The van der Waals surface area contributed by atoms with Gasteiger partial charge in [-0.1, -0.05) is 31.2 Å². The van der Waals surface area contributed by atoms with E-state index in [2.05, 4.69) is 29.4 Å². The Labute approximate surface area is 112 Å². The molecule has 96 valence electrons. The van der Waals surface area contributed by atoms with Gasteiger partial charge in [-0.05, 0) is 29.7 Å². The van der Waals surface area contributed by atoms with Crippen LogP contribution in [0.2, 0.25) is 0 Å². The van der Waals surface area contributed by atoms with Crippen molar-refractivity contribution in [3.05, 3.63) is 53.2 Å². The number of nitrogens with one attached hydrogen (secondary N) is 1. The monoisotopic (exact) mass is 252 g/mol. The first-order chi connectivity index (χ1) is 9.24. The Morgan fingerprint density at radius 1 is 1.21 bits per heavy atom. The van der Waals surface area contributed by atoms with Crippen molar-refractivity contribution in [2.24, 2.45) is 0 Å².